The number of hydrogen-bond acceptors (Lipinski definition) is 0. The van der Waals surface area contributed by atoms with Crippen molar-refractivity contribution in [1.29, 1.82) is 0 Å². The SMILES string of the molecule is [CH2]CPCC. The van der Waals surface area contributed by atoms with Gasteiger partial charge in [-0.1, -0.05) is 6.92 Å². The highest BCUT2D eigenvalue weighted by molar-refractivity contribution is 7.38. The summed E-state index contributed by atoms with van der Waals surface area (Å²) in [6, 6.07) is 0. The van der Waals surface area contributed by atoms with Gasteiger partial charge >= 0.3 is 0 Å². The summed E-state index contributed by atoms with van der Waals surface area (Å²) in [6.07, 6.45) is 2.43. The van der Waals surface area contributed by atoms with Crippen molar-refractivity contribution in [2.75, 3.05) is 12.3 Å². The summed E-state index contributed by atoms with van der Waals surface area (Å²) < 4.78 is 0. The van der Waals surface area contributed by atoms with Gasteiger partial charge in [0.25, 0.3) is 0 Å². The molecular formula is C4H10P. The molecule has 0 aromatic rings. The van der Waals surface area contributed by atoms with Crippen molar-refractivity contribution in [1.82, 2.24) is 0 Å². The van der Waals surface area contributed by atoms with Gasteiger partial charge in [0.05, 0.1) is 0 Å². The third-order valence-electron chi connectivity index (χ3n) is 0.427. The molecule has 0 aliphatic heterocycles. The zero-order valence-corrected chi connectivity index (χ0v) is 4.62. The minimum absolute atomic E-state index is 1.09. The van der Waals surface area contributed by atoms with Gasteiger partial charge < -0.3 is 0 Å². The van der Waals surface area contributed by atoms with Crippen LogP contribution >= 0.6 is 8.58 Å². The third-order valence-corrected chi connectivity index (χ3v) is 1.28. The Morgan fingerprint density at radius 3 is 2.40 bits per heavy atom. The average molecular weight is 89.1 g/mol. The van der Waals surface area contributed by atoms with Gasteiger partial charge in [-0.05, 0) is 19.2 Å². The number of rotatable bonds is 2. The maximum absolute atomic E-state index is 3.69. The first kappa shape index (κ1) is 5.43. The Morgan fingerprint density at radius 1 is 1.80 bits per heavy atom. The van der Waals surface area contributed by atoms with E-state index in [9.17, 15) is 0 Å². The summed E-state index contributed by atoms with van der Waals surface area (Å²) in [5.74, 6) is 0. The van der Waals surface area contributed by atoms with Crippen molar-refractivity contribution in [3.05, 3.63) is 6.92 Å². The molecule has 0 heterocycles. The standard InChI is InChI=1S/C4H10P/c1-3-5-4-2/h5H,1,3-4H2,2H3. The highest BCUT2D eigenvalue weighted by Gasteiger charge is 1.67. The van der Waals surface area contributed by atoms with Crippen LogP contribution in [0.3, 0.4) is 0 Å². The second-order valence-electron chi connectivity index (χ2n) is 0.854. The van der Waals surface area contributed by atoms with Gasteiger partial charge in [-0.3, -0.25) is 0 Å². The van der Waals surface area contributed by atoms with Crippen LogP contribution in [0.4, 0.5) is 0 Å². The van der Waals surface area contributed by atoms with E-state index in [1.54, 1.807) is 0 Å². The Hall–Kier alpha value is 0.430. The van der Waals surface area contributed by atoms with Crippen LogP contribution in [0.5, 0.6) is 0 Å². The van der Waals surface area contributed by atoms with Gasteiger partial charge in [-0.25, -0.2) is 0 Å². The summed E-state index contributed by atoms with van der Waals surface area (Å²) in [4.78, 5) is 0. The molecule has 1 heteroatoms. The Morgan fingerprint density at radius 2 is 2.40 bits per heavy atom. The molecule has 0 aliphatic rings. The van der Waals surface area contributed by atoms with E-state index in [0.29, 0.717) is 0 Å². The molecule has 5 heavy (non-hydrogen) atoms. The van der Waals surface area contributed by atoms with Crippen LogP contribution < -0.4 is 0 Å². The van der Waals surface area contributed by atoms with E-state index in [1.165, 1.54) is 6.16 Å². The van der Waals surface area contributed by atoms with Crippen LogP contribution in [-0.2, 0) is 0 Å². The maximum atomic E-state index is 3.69. The predicted octanol–water partition coefficient (Wildman–Crippen LogP) is 1.52. The molecule has 0 nitrogen and oxygen atoms in total. The normalized spacial score (nSPS) is 8.40. The van der Waals surface area contributed by atoms with Crippen LogP contribution in [0.25, 0.3) is 0 Å². The van der Waals surface area contributed by atoms with Crippen LogP contribution in [0.2, 0.25) is 0 Å². The lowest BCUT2D eigenvalue weighted by Gasteiger charge is -1.80. The monoisotopic (exact) mass is 89.1 g/mol. The molecule has 0 aliphatic carbocycles. The average Bonchev–Trinajstić information content (AvgIpc) is 1.41. The summed E-state index contributed by atoms with van der Waals surface area (Å²) in [7, 11) is 1.09. The Kier molecular flexibility index (Phi) is 4.81. The van der Waals surface area contributed by atoms with Crippen LogP contribution in [0.15, 0.2) is 0 Å². The molecule has 0 saturated carbocycles. The molecule has 31 valence electrons. The van der Waals surface area contributed by atoms with Gasteiger partial charge in [0.15, 0.2) is 0 Å². The fourth-order valence-corrected chi connectivity index (χ4v) is 0.530. The van der Waals surface area contributed by atoms with Crippen molar-refractivity contribution in [3.63, 3.8) is 0 Å². The van der Waals surface area contributed by atoms with E-state index < -0.39 is 0 Å². The first-order valence-electron chi connectivity index (χ1n) is 1.91. The molecule has 0 spiro atoms. The van der Waals surface area contributed by atoms with Crippen molar-refractivity contribution < 1.29 is 0 Å². The molecule has 0 aromatic carbocycles. The first-order valence-corrected chi connectivity index (χ1v) is 3.33. The second kappa shape index (κ2) is 4.43. The smallest absolute Gasteiger partial charge is 0.0353 e. The molecule has 0 bridgehead atoms. The van der Waals surface area contributed by atoms with E-state index in [-0.39, 0.29) is 0 Å². The second-order valence-corrected chi connectivity index (χ2v) is 2.56. The zero-order valence-electron chi connectivity index (χ0n) is 3.62. The minimum atomic E-state index is 1.09. The highest BCUT2D eigenvalue weighted by Crippen LogP contribution is 2.03. The Balaban J connectivity index is 2.19. The maximum Gasteiger partial charge on any atom is -0.0353 e. The van der Waals surface area contributed by atoms with Crippen molar-refractivity contribution in [2.24, 2.45) is 0 Å². The molecule has 1 radical (unpaired) electrons. The van der Waals surface area contributed by atoms with E-state index in [1.807, 2.05) is 0 Å². The molecule has 0 fully saturated rings. The minimum Gasteiger partial charge on any atom is -0.122 e. The van der Waals surface area contributed by atoms with Crippen LogP contribution in [0.1, 0.15) is 6.92 Å². The van der Waals surface area contributed by atoms with E-state index in [0.717, 1.165) is 14.7 Å². The lowest BCUT2D eigenvalue weighted by Crippen LogP contribution is -1.60. The van der Waals surface area contributed by atoms with Gasteiger partial charge in [0, 0.05) is 0 Å². The molecule has 1 atom stereocenters. The molecule has 0 amide bonds. The van der Waals surface area contributed by atoms with E-state index in [2.05, 4.69) is 13.8 Å². The lowest BCUT2D eigenvalue weighted by atomic mass is 11.0. The molecule has 0 saturated heterocycles. The van der Waals surface area contributed by atoms with Crippen molar-refractivity contribution in [2.45, 2.75) is 6.92 Å². The lowest BCUT2D eigenvalue weighted by molar-refractivity contribution is 1.50. The van der Waals surface area contributed by atoms with Crippen molar-refractivity contribution >= 4 is 8.58 Å². The summed E-state index contributed by atoms with van der Waals surface area (Å²) in [6.45, 7) is 5.87. The predicted molar refractivity (Wildman–Crippen MR) is 29.1 cm³/mol. The quantitative estimate of drug-likeness (QED) is 0.450. The summed E-state index contributed by atoms with van der Waals surface area (Å²) in [5, 5.41) is 0. The summed E-state index contributed by atoms with van der Waals surface area (Å²) in [5.41, 5.74) is 0. The van der Waals surface area contributed by atoms with Gasteiger partial charge in [-0.2, -0.15) is 0 Å². The Labute approximate surface area is 35.7 Å². The number of hydrogen-bond donors (Lipinski definition) is 0. The molecule has 0 rings (SSSR count). The van der Waals surface area contributed by atoms with Crippen LogP contribution in [-0.4, -0.2) is 12.3 Å². The van der Waals surface area contributed by atoms with Crippen molar-refractivity contribution in [3.8, 4) is 0 Å². The fourth-order valence-electron chi connectivity index (χ4n) is 0.177. The largest absolute Gasteiger partial charge is 0.122 e. The van der Waals surface area contributed by atoms with Gasteiger partial charge in [0.1, 0.15) is 0 Å². The van der Waals surface area contributed by atoms with Gasteiger partial charge in [0.2, 0.25) is 0 Å². The van der Waals surface area contributed by atoms with Crippen LogP contribution in [0, 0.1) is 6.92 Å². The molecule has 0 aromatic heterocycles. The topological polar surface area (TPSA) is 0 Å². The molecule has 0 N–H and O–H groups in total. The molecule has 1 unspecified atom stereocenters. The zero-order chi connectivity index (χ0) is 4.12. The Bertz CT molecular complexity index is 11.1. The highest BCUT2D eigenvalue weighted by atomic mass is 31.1. The fraction of sp³-hybridized carbons (Fsp3) is 0.750. The summed E-state index contributed by atoms with van der Waals surface area (Å²) >= 11 is 0. The molecular weight excluding hydrogens is 79.0 g/mol. The van der Waals surface area contributed by atoms with E-state index in [4.69, 9.17) is 0 Å². The first-order chi connectivity index (χ1) is 2.41. The van der Waals surface area contributed by atoms with Gasteiger partial charge in [-0.15, -0.1) is 8.58 Å². The third kappa shape index (κ3) is 4.43. The van der Waals surface area contributed by atoms with E-state index >= 15 is 0 Å².